The van der Waals surface area contributed by atoms with E-state index in [1.807, 2.05) is 20.8 Å². The third kappa shape index (κ3) is 2.54. The van der Waals surface area contributed by atoms with E-state index in [-0.39, 0.29) is 11.1 Å². The monoisotopic (exact) mass is 238 g/mol. The van der Waals surface area contributed by atoms with Gasteiger partial charge >= 0.3 is 0 Å². The minimum absolute atomic E-state index is 0.0744. The van der Waals surface area contributed by atoms with Crippen molar-refractivity contribution in [3.8, 4) is 5.75 Å². The van der Waals surface area contributed by atoms with Gasteiger partial charge in [0.25, 0.3) is 0 Å². The molecule has 0 spiro atoms. The Morgan fingerprint density at radius 3 is 2.35 bits per heavy atom. The highest BCUT2D eigenvalue weighted by atomic mass is 19.2. The van der Waals surface area contributed by atoms with Crippen LogP contribution in [0.4, 0.5) is 8.78 Å². The third-order valence-electron chi connectivity index (χ3n) is 2.45. The van der Waals surface area contributed by atoms with Gasteiger partial charge in [0.2, 0.25) is 0 Å². The Bertz CT molecular complexity index is 521. The summed E-state index contributed by atoms with van der Waals surface area (Å²) in [5, 5.41) is 10.2. The van der Waals surface area contributed by atoms with E-state index < -0.39 is 11.6 Å². The Morgan fingerprint density at radius 2 is 1.76 bits per heavy atom. The largest absolute Gasteiger partial charge is 0.508 e. The van der Waals surface area contributed by atoms with Crippen LogP contribution < -0.4 is 0 Å². The van der Waals surface area contributed by atoms with Gasteiger partial charge in [-0.25, -0.2) is 8.78 Å². The van der Waals surface area contributed by atoms with Crippen LogP contribution in [0.1, 0.15) is 26.3 Å². The topological polar surface area (TPSA) is 20.2 Å². The Morgan fingerprint density at radius 1 is 1.12 bits per heavy atom. The molecule has 17 heavy (non-hydrogen) atoms. The fourth-order valence-electron chi connectivity index (χ4n) is 1.74. The molecule has 0 atom stereocenters. The van der Waals surface area contributed by atoms with Crippen molar-refractivity contribution >= 4 is 10.8 Å². The molecule has 0 unspecified atom stereocenters. The molecule has 0 bridgehead atoms. The summed E-state index contributed by atoms with van der Waals surface area (Å²) in [4.78, 5) is 0. The van der Waals surface area contributed by atoms with E-state index in [1.54, 1.807) is 0 Å². The fraction of sp³-hybridized carbons (Fsp3) is 0.286. The van der Waals surface area contributed by atoms with E-state index in [2.05, 4.69) is 0 Å². The first-order valence-corrected chi connectivity index (χ1v) is 5.73. The number of halogens is 2. The van der Waals surface area contributed by atoms with Crippen molar-refractivity contribution in [1.82, 2.24) is 0 Å². The molecule has 92 valence electrons. The van der Waals surface area contributed by atoms with Crippen molar-refractivity contribution in [3.05, 3.63) is 41.5 Å². The second-order valence-electron chi connectivity index (χ2n) is 3.42. The standard InChI is InChI=1S/C12H10F2O.C2H6/c1-2-7-5-9(15)6-8-3-4-10(13)12(14)11(7)8;1-2/h3-6,15H,2H2,1H3;1-2H3. The molecule has 2 aromatic rings. The number of benzene rings is 2. The van der Waals surface area contributed by atoms with Gasteiger partial charge in [-0.1, -0.05) is 26.8 Å². The molecule has 0 heterocycles. The quantitative estimate of drug-likeness (QED) is 0.780. The fourth-order valence-corrected chi connectivity index (χ4v) is 1.74. The number of hydrogen-bond donors (Lipinski definition) is 1. The molecule has 0 radical (unpaired) electrons. The summed E-state index contributed by atoms with van der Waals surface area (Å²) in [7, 11) is 0. The average Bonchev–Trinajstić information content (AvgIpc) is 2.35. The maximum Gasteiger partial charge on any atom is 0.166 e. The molecule has 2 aromatic carbocycles. The molecule has 0 saturated heterocycles. The minimum Gasteiger partial charge on any atom is -0.508 e. The van der Waals surface area contributed by atoms with Crippen LogP contribution in [0.25, 0.3) is 10.8 Å². The van der Waals surface area contributed by atoms with Crippen LogP contribution in [0.2, 0.25) is 0 Å². The Balaban J connectivity index is 0.000000686. The lowest BCUT2D eigenvalue weighted by Gasteiger charge is -2.07. The highest BCUT2D eigenvalue weighted by Crippen LogP contribution is 2.28. The van der Waals surface area contributed by atoms with Gasteiger partial charge in [0, 0.05) is 5.39 Å². The first-order valence-electron chi connectivity index (χ1n) is 5.73. The van der Waals surface area contributed by atoms with E-state index >= 15 is 0 Å². The van der Waals surface area contributed by atoms with Gasteiger partial charge in [-0.2, -0.15) is 0 Å². The van der Waals surface area contributed by atoms with E-state index in [4.69, 9.17) is 0 Å². The molecule has 0 aliphatic rings. The van der Waals surface area contributed by atoms with Crippen LogP contribution in [0, 0.1) is 11.6 Å². The van der Waals surface area contributed by atoms with Gasteiger partial charge in [-0.15, -0.1) is 0 Å². The van der Waals surface area contributed by atoms with E-state index in [1.165, 1.54) is 18.2 Å². The summed E-state index contributed by atoms with van der Waals surface area (Å²) < 4.78 is 26.5. The smallest absolute Gasteiger partial charge is 0.166 e. The SMILES string of the molecule is CC.CCc1cc(O)cc2ccc(F)c(F)c12. The van der Waals surface area contributed by atoms with Crippen molar-refractivity contribution in [3.63, 3.8) is 0 Å². The molecule has 3 heteroatoms. The van der Waals surface area contributed by atoms with Crippen LogP contribution in [-0.4, -0.2) is 5.11 Å². The van der Waals surface area contributed by atoms with Gasteiger partial charge in [-0.05, 0) is 35.6 Å². The molecule has 0 aliphatic carbocycles. The number of aromatic hydroxyl groups is 1. The Hall–Kier alpha value is -1.64. The third-order valence-corrected chi connectivity index (χ3v) is 2.45. The maximum absolute atomic E-state index is 13.5. The maximum atomic E-state index is 13.5. The summed E-state index contributed by atoms with van der Waals surface area (Å²) in [5.74, 6) is -1.63. The number of phenolic OH excluding ortho intramolecular Hbond substituents is 1. The van der Waals surface area contributed by atoms with Crippen LogP contribution >= 0.6 is 0 Å². The van der Waals surface area contributed by atoms with Gasteiger partial charge in [0.05, 0.1) is 0 Å². The molecule has 1 nitrogen and oxygen atoms in total. The predicted molar refractivity (Wildman–Crippen MR) is 66.3 cm³/mol. The second kappa shape index (κ2) is 5.62. The first-order chi connectivity index (χ1) is 8.13. The molecule has 2 rings (SSSR count). The highest BCUT2D eigenvalue weighted by molar-refractivity contribution is 5.87. The lowest BCUT2D eigenvalue weighted by Crippen LogP contribution is -1.91. The minimum atomic E-state index is -0.858. The number of fused-ring (bicyclic) bond motifs is 1. The zero-order valence-electron chi connectivity index (χ0n) is 10.2. The van der Waals surface area contributed by atoms with E-state index in [0.717, 1.165) is 6.07 Å². The number of phenols is 1. The summed E-state index contributed by atoms with van der Waals surface area (Å²) >= 11 is 0. The first kappa shape index (κ1) is 13.4. The normalized spacial score (nSPS) is 9.94. The number of hydrogen-bond acceptors (Lipinski definition) is 1. The summed E-state index contributed by atoms with van der Waals surface area (Å²) in [5.41, 5.74) is 0.613. The van der Waals surface area contributed by atoms with Gasteiger partial charge in [-0.3, -0.25) is 0 Å². The van der Waals surface area contributed by atoms with Gasteiger partial charge in [0.15, 0.2) is 11.6 Å². The second-order valence-corrected chi connectivity index (χ2v) is 3.42. The lowest BCUT2D eigenvalue weighted by atomic mass is 10.0. The lowest BCUT2D eigenvalue weighted by molar-refractivity contribution is 0.475. The van der Waals surface area contributed by atoms with Crippen LogP contribution in [0.3, 0.4) is 0 Å². The van der Waals surface area contributed by atoms with Crippen molar-refractivity contribution in [2.24, 2.45) is 0 Å². The van der Waals surface area contributed by atoms with Crippen LogP contribution in [0.15, 0.2) is 24.3 Å². The summed E-state index contributed by atoms with van der Waals surface area (Å²) in [6.45, 7) is 5.83. The van der Waals surface area contributed by atoms with Crippen LogP contribution in [0.5, 0.6) is 5.75 Å². The molecule has 0 fully saturated rings. The van der Waals surface area contributed by atoms with Gasteiger partial charge in [0.1, 0.15) is 5.75 Å². The van der Waals surface area contributed by atoms with Crippen molar-refractivity contribution < 1.29 is 13.9 Å². The Labute approximate surface area is 99.7 Å². The zero-order valence-corrected chi connectivity index (χ0v) is 10.2. The van der Waals surface area contributed by atoms with E-state index in [0.29, 0.717) is 17.4 Å². The van der Waals surface area contributed by atoms with Crippen molar-refractivity contribution in [1.29, 1.82) is 0 Å². The van der Waals surface area contributed by atoms with Crippen molar-refractivity contribution in [2.45, 2.75) is 27.2 Å². The molecular formula is C14H16F2O. The predicted octanol–water partition coefficient (Wildman–Crippen LogP) is 4.41. The molecule has 0 aliphatic heterocycles. The molecule has 0 saturated carbocycles. The van der Waals surface area contributed by atoms with E-state index in [9.17, 15) is 13.9 Å². The number of rotatable bonds is 1. The molecule has 1 N–H and O–H groups in total. The number of aryl methyl sites for hydroxylation is 1. The molecule has 0 aromatic heterocycles. The van der Waals surface area contributed by atoms with Crippen LogP contribution in [-0.2, 0) is 6.42 Å². The highest BCUT2D eigenvalue weighted by Gasteiger charge is 2.11. The molecular weight excluding hydrogens is 222 g/mol. The molecule has 0 amide bonds. The summed E-state index contributed by atoms with van der Waals surface area (Å²) in [6.07, 6.45) is 0.547. The average molecular weight is 238 g/mol. The summed E-state index contributed by atoms with van der Waals surface area (Å²) in [6, 6.07) is 5.42. The Kier molecular flexibility index (Phi) is 4.44. The zero-order chi connectivity index (χ0) is 13.0. The van der Waals surface area contributed by atoms with Crippen molar-refractivity contribution in [2.75, 3.05) is 0 Å². The van der Waals surface area contributed by atoms with Gasteiger partial charge < -0.3 is 5.11 Å².